The first-order valence-electron chi connectivity index (χ1n) is 5.02. The van der Waals surface area contributed by atoms with Crippen LogP contribution in [0.25, 0.3) is 11.2 Å². The minimum atomic E-state index is 0.377. The van der Waals surface area contributed by atoms with E-state index in [1.165, 1.54) is 0 Å². The number of anilines is 1. The Morgan fingerprint density at radius 3 is 2.67 bits per heavy atom. The maximum atomic E-state index is 4.30. The number of aromatic amines is 1. The third kappa shape index (κ3) is 1.54. The summed E-state index contributed by atoms with van der Waals surface area (Å²) in [5.74, 6) is 1.10. The Kier molecular flexibility index (Phi) is 2.30. The van der Waals surface area contributed by atoms with Crippen molar-refractivity contribution in [1.82, 2.24) is 15.0 Å². The number of fused-ring (bicyclic) bond motifs is 1. The quantitative estimate of drug-likeness (QED) is 0.742. The molecule has 2 rings (SSSR count). The molecule has 0 aromatic carbocycles. The van der Waals surface area contributed by atoms with Crippen molar-refractivity contribution in [3.8, 4) is 0 Å². The standard InChI is InChI=1S/C10H15N5/c1-7(2)15-6-13-9-8(11-5-12-9)10(15)14(3)4/h5-7H,1-4H3/p+1. The number of nitrogens with zero attached hydrogens (tertiary/aromatic N) is 4. The summed E-state index contributed by atoms with van der Waals surface area (Å²) >= 11 is 0. The van der Waals surface area contributed by atoms with Gasteiger partial charge in [0.25, 0.3) is 11.5 Å². The molecule has 0 amide bonds. The van der Waals surface area contributed by atoms with Gasteiger partial charge in [-0.15, -0.1) is 0 Å². The second-order valence-corrected chi connectivity index (χ2v) is 4.06. The third-order valence-corrected chi connectivity index (χ3v) is 2.37. The summed E-state index contributed by atoms with van der Waals surface area (Å²) < 4.78 is 2.13. The van der Waals surface area contributed by atoms with Gasteiger partial charge in [0.1, 0.15) is 0 Å². The van der Waals surface area contributed by atoms with Crippen LogP contribution in [0.1, 0.15) is 19.9 Å². The van der Waals surface area contributed by atoms with Crippen LogP contribution in [0.5, 0.6) is 0 Å². The summed E-state index contributed by atoms with van der Waals surface area (Å²) in [6.07, 6.45) is 3.51. The van der Waals surface area contributed by atoms with Gasteiger partial charge in [-0.25, -0.2) is 9.55 Å². The molecule has 2 aromatic rings. The molecule has 2 aromatic heterocycles. The summed E-state index contributed by atoms with van der Waals surface area (Å²) in [6, 6.07) is 0.377. The highest BCUT2D eigenvalue weighted by molar-refractivity contribution is 5.80. The zero-order valence-corrected chi connectivity index (χ0v) is 9.52. The highest BCUT2D eigenvalue weighted by atomic mass is 15.2. The van der Waals surface area contributed by atoms with Crippen molar-refractivity contribution in [3.63, 3.8) is 0 Å². The van der Waals surface area contributed by atoms with Gasteiger partial charge in [-0.3, -0.25) is 4.90 Å². The Morgan fingerprint density at radius 1 is 1.33 bits per heavy atom. The number of imidazole rings is 1. The predicted molar refractivity (Wildman–Crippen MR) is 58.8 cm³/mol. The van der Waals surface area contributed by atoms with Gasteiger partial charge in [0.2, 0.25) is 6.33 Å². The summed E-state index contributed by atoms with van der Waals surface area (Å²) in [5, 5.41) is 0. The van der Waals surface area contributed by atoms with E-state index in [1.807, 2.05) is 20.4 Å². The van der Waals surface area contributed by atoms with Gasteiger partial charge in [-0.05, 0) is 13.8 Å². The predicted octanol–water partition coefficient (Wildman–Crippen LogP) is 0.892. The first kappa shape index (κ1) is 9.89. The van der Waals surface area contributed by atoms with E-state index in [9.17, 15) is 0 Å². The molecule has 0 saturated heterocycles. The molecule has 1 N–H and O–H groups in total. The Morgan fingerprint density at radius 2 is 2.07 bits per heavy atom. The van der Waals surface area contributed by atoms with E-state index in [2.05, 4.69) is 38.3 Å². The van der Waals surface area contributed by atoms with Crippen molar-refractivity contribution < 1.29 is 4.57 Å². The normalized spacial score (nSPS) is 11.3. The first-order valence-corrected chi connectivity index (χ1v) is 5.02. The van der Waals surface area contributed by atoms with Crippen LogP contribution < -0.4 is 9.47 Å². The van der Waals surface area contributed by atoms with Gasteiger partial charge in [0, 0.05) is 0 Å². The van der Waals surface area contributed by atoms with E-state index < -0.39 is 0 Å². The molecule has 15 heavy (non-hydrogen) atoms. The largest absolute Gasteiger partial charge is 0.336 e. The molecule has 5 nitrogen and oxygen atoms in total. The monoisotopic (exact) mass is 206 g/mol. The van der Waals surface area contributed by atoms with Gasteiger partial charge >= 0.3 is 0 Å². The molecule has 0 radical (unpaired) electrons. The first-order chi connectivity index (χ1) is 7.11. The summed E-state index contributed by atoms with van der Waals surface area (Å²) in [7, 11) is 4.04. The summed E-state index contributed by atoms with van der Waals surface area (Å²) in [4.78, 5) is 13.7. The number of nitrogens with one attached hydrogen (secondary N) is 1. The molecule has 0 spiro atoms. The summed E-state index contributed by atoms with van der Waals surface area (Å²) in [5.41, 5.74) is 1.74. The topological polar surface area (TPSA) is 48.7 Å². The molecular weight excluding hydrogens is 190 g/mol. The maximum Gasteiger partial charge on any atom is 0.260 e. The van der Waals surface area contributed by atoms with Crippen LogP contribution >= 0.6 is 0 Å². The molecule has 0 aliphatic rings. The van der Waals surface area contributed by atoms with Gasteiger partial charge in [0.05, 0.1) is 26.5 Å². The maximum absolute atomic E-state index is 4.30. The zero-order chi connectivity index (χ0) is 11.0. The van der Waals surface area contributed by atoms with Crippen molar-refractivity contribution in [1.29, 1.82) is 0 Å². The van der Waals surface area contributed by atoms with Crippen molar-refractivity contribution in [3.05, 3.63) is 12.7 Å². The van der Waals surface area contributed by atoms with Crippen LogP contribution in [-0.2, 0) is 0 Å². The lowest BCUT2D eigenvalue weighted by molar-refractivity contribution is -0.705. The van der Waals surface area contributed by atoms with Crippen LogP contribution in [0.4, 0.5) is 5.82 Å². The van der Waals surface area contributed by atoms with Crippen LogP contribution in [0.3, 0.4) is 0 Å². The molecule has 0 aliphatic heterocycles. The Labute approximate surface area is 88.8 Å². The van der Waals surface area contributed by atoms with Crippen molar-refractivity contribution in [2.24, 2.45) is 0 Å². The lowest BCUT2D eigenvalue weighted by atomic mass is 10.3. The minimum absolute atomic E-state index is 0.377. The van der Waals surface area contributed by atoms with Crippen molar-refractivity contribution in [2.45, 2.75) is 19.9 Å². The fourth-order valence-corrected chi connectivity index (χ4v) is 1.68. The van der Waals surface area contributed by atoms with Crippen molar-refractivity contribution in [2.75, 3.05) is 19.0 Å². The van der Waals surface area contributed by atoms with Gasteiger partial charge in [-0.2, -0.15) is 0 Å². The smallest absolute Gasteiger partial charge is 0.260 e. The lowest BCUT2D eigenvalue weighted by Crippen LogP contribution is -2.42. The average molecular weight is 206 g/mol. The van der Waals surface area contributed by atoms with Crippen molar-refractivity contribution >= 4 is 17.0 Å². The molecule has 0 unspecified atom stereocenters. The minimum Gasteiger partial charge on any atom is -0.336 e. The number of rotatable bonds is 2. The van der Waals surface area contributed by atoms with E-state index in [4.69, 9.17) is 0 Å². The van der Waals surface area contributed by atoms with E-state index in [1.54, 1.807) is 6.33 Å². The Bertz CT molecular complexity index is 472. The highest BCUT2D eigenvalue weighted by Gasteiger charge is 2.19. The van der Waals surface area contributed by atoms with Crippen LogP contribution in [0.15, 0.2) is 12.7 Å². The molecule has 0 saturated carbocycles. The second kappa shape index (κ2) is 3.49. The van der Waals surface area contributed by atoms with E-state index in [0.717, 1.165) is 17.0 Å². The zero-order valence-electron chi connectivity index (χ0n) is 9.52. The average Bonchev–Trinajstić information content (AvgIpc) is 2.62. The molecule has 0 aliphatic carbocycles. The Hall–Kier alpha value is -1.65. The van der Waals surface area contributed by atoms with E-state index in [0.29, 0.717) is 6.04 Å². The lowest BCUT2D eigenvalue weighted by Gasteiger charge is -2.15. The number of hydrogen-bond donors (Lipinski definition) is 1. The number of hydrogen-bond acceptors (Lipinski definition) is 3. The van der Waals surface area contributed by atoms with Gasteiger partial charge < -0.3 is 4.98 Å². The molecule has 80 valence electrons. The molecular formula is C10H16N5+. The molecule has 2 heterocycles. The fourth-order valence-electron chi connectivity index (χ4n) is 1.68. The number of H-pyrrole nitrogens is 1. The molecule has 0 bridgehead atoms. The molecule has 0 fully saturated rings. The van der Waals surface area contributed by atoms with Gasteiger partial charge in [-0.1, -0.05) is 4.98 Å². The van der Waals surface area contributed by atoms with Crippen LogP contribution in [0, 0.1) is 0 Å². The fraction of sp³-hybridized carbons (Fsp3) is 0.500. The number of aromatic nitrogens is 4. The summed E-state index contributed by atoms with van der Waals surface area (Å²) in [6.45, 7) is 4.27. The Balaban J connectivity index is 2.75. The molecule has 5 heteroatoms. The van der Waals surface area contributed by atoms with Gasteiger partial charge in [0.15, 0.2) is 5.52 Å². The van der Waals surface area contributed by atoms with E-state index >= 15 is 0 Å². The van der Waals surface area contributed by atoms with Crippen LogP contribution in [0.2, 0.25) is 0 Å². The second-order valence-electron chi connectivity index (χ2n) is 4.06. The SMILES string of the molecule is CC(C)[n+]1cnc2nc[nH]c2c1N(C)C. The highest BCUT2D eigenvalue weighted by Crippen LogP contribution is 2.17. The third-order valence-electron chi connectivity index (χ3n) is 2.37. The van der Waals surface area contributed by atoms with Crippen LogP contribution in [-0.4, -0.2) is 29.0 Å². The molecule has 0 atom stereocenters. The van der Waals surface area contributed by atoms with E-state index in [-0.39, 0.29) is 0 Å².